The van der Waals surface area contributed by atoms with Gasteiger partial charge in [-0.15, -0.1) is 0 Å². The molecular weight excluding hydrogens is 743 g/mol. The highest BCUT2D eigenvalue weighted by Crippen LogP contribution is 2.51. The lowest BCUT2D eigenvalue weighted by atomic mass is 9.69. The van der Waals surface area contributed by atoms with Gasteiger partial charge in [-0.05, 0) is 100 Å². The van der Waals surface area contributed by atoms with Gasteiger partial charge in [-0.1, -0.05) is 66.7 Å². The van der Waals surface area contributed by atoms with Crippen molar-refractivity contribution in [2.45, 2.75) is 50.8 Å². The molecule has 4 aliphatic rings. The summed E-state index contributed by atoms with van der Waals surface area (Å²) in [7, 11) is 3.25. The van der Waals surface area contributed by atoms with Crippen molar-refractivity contribution in [1.82, 2.24) is 9.80 Å². The Bertz CT molecular complexity index is 1770. The zero-order valence-corrected chi connectivity index (χ0v) is 30.9. The van der Waals surface area contributed by atoms with Crippen molar-refractivity contribution in [2.75, 3.05) is 40.5 Å². The molecular formula is C41H45IN2O6. The number of likely N-dealkylation sites (tertiary alicyclic amines) is 2. The summed E-state index contributed by atoms with van der Waals surface area (Å²) in [6.07, 6.45) is 5.61. The second-order valence-corrected chi connectivity index (χ2v) is 15.1. The summed E-state index contributed by atoms with van der Waals surface area (Å²) >= 11 is 2.12. The van der Waals surface area contributed by atoms with Gasteiger partial charge in [-0.3, -0.25) is 19.4 Å². The topological polar surface area (TPSA) is 88.5 Å². The Morgan fingerprint density at radius 2 is 1.70 bits per heavy atom. The summed E-state index contributed by atoms with van der Waals surface area (Å²) in [6, 6.07) is 24.5. The van der Waals surface area contributed by atoms with E-state index in [4.69, 9.17) is 14.2 Å². The van der Waals surface area contributed by atoms with Gasteiger partial charge in [0.15, 0.2) is 11.5 Å². The van der Waals surface area contributed by atoms with Gasteiger partial charge in [-0.25, -0.2) is 0 Å². The standard InChI is InChI=1S/C41H45IN2O6/c1-48-24-30-22-32-38(41(47)44(40(32)46)31-15-17-43(18-16-31)23-26-9-5-3-6-10-26)33-25-50-35(37(30)33)14-13-29(28-11-7-4-8-12-28)19-27-20-34(42)39(45)36(21-27)49-2/h3-12,19-21,31-33,35,38,45H,13-18,22-25H2,1-2H3/b29-19-/t32-,33+,35-,38-/m1/s1. The average molecular weight is 789 g/mol. The number of carbonyl (C=O) groups is 2. The predicted molar refractivity (Wildman–Crippen MR) is 201 cm³/mol. The average Bonchev–Trinajstić information content (AvgIpc) is 3.67. The van der Waals surface area contributed by atoms with E-state index in [9.17, 15) is 14.7 Å². The molecule has 262 valence electrons. The van der Waals surface area contributed by atoms with Gasteiger partial charge >= 0.3 is 0 Å². The molecule has 4 atom stereocenters. The number of aromatic hydroxyl groups is 1. The molecule has 0 spiro atoms. The molecule has 3 saturated heterocycles. The van der Waals surface area contributed by atoms with Gasteiger partial charge in [0.25, 0.3) is 0 Å². The summed E-state index contributed by atoms with van der Waals surface area (Å²) in [5.41, 5.74) is 6.76. The number of allylic oxidation sites excluding steroid dienone is 1. The predicted octanol–water partition coefficient (Wildman–Crippen LogP) is 6.95. The first-order valence-electron chi connectivity index (χ1n) is 17.6. The smallest absolute Gasteiger partial charge is 0.234 e. The molecule has 9 heteroatoms. The largest absolute Gasteiger partial charge is 0.504 e. The Kier molecular flexibility index (Phi) is 10.7. The molecule has 3 aliphatic heterocycles. The van der Waals surface area contributed by atoms with Crippen LogP contribution in [0.15, 0.2) is 83.9 Å². The van der Waals surface area contributed by atoms with Crippen LogP contribution in [-0.2, 0) is 25.6 Å². The maximum atomic E-state index is 14.2. The summed E-state index contributed by atoms with van der Waals surface area (Å²) in [5, 5.41) is 10.4. The van der Waals surface area contributed by atoms with E-state index >= 15 is 0 Å². The molecule has 0 aromatic heterocycles. The normalized spacial score (nSPS) is 24.5. The number of ether oxygens (including phenoxy) is 3. The number of rotatable bonds is 11. The van der Waals surface area contributed by atoms with Crippen molar-refractivity contribution in [1.29, 1.82) is 0 Å². The number of fused-ring (bicyclic) bond motifs is 3. The van der Waals surface area contributed by atoms with Gasteiger partial charge in [-0.2, -0.15) is 0 Å². The van der Waals surface area contributed by atoms with Crippen LogP contribution < -0.4 is 4.74 Å². The van der Waals surface area contributed by atoms with Crippen molar-refractivity contribution >= 4 is 46.1 Å². The number of piperidine rings is 1. The number of imide groups is 1. The summed E-state index contributed by atoms with van der Waals surface area (Å²) < 4.78 is 18.4. The number of phenols is 1. The van der Waals surface area contributed by atoms with Gasteiger partial charge < -0.3 is 19.3 Å². The van der Waals surface area contributed by atoms with Crippen molar-refractivity contribution in [3.05, 3.63) is 104 Å². The number of methoxy groups -OCH3 is 2. The van der Waals surface area contributed by atoms with Crippen LogP contribution >= 0.6 is 22.6 Å². The molecule has 3 aromatic carbocycles. The number of benzene rings is 3. The van der Waals surface area contributed by atoms with Crippen LogP contribution in [0, 0.1) is 21.3 Å². The van der Waals surface area contributed by atoms with Crippen LogP contribution in [0.3, 0.4) is 0 Å². The minimum absolute atomic E-state index is 0.00846. The van der Waals surface area contributed by atoms with Gasteiger partial charge in [0, 0.05) is 38.7 Å². The fourth-order valence-corrected chi connectivity index (χ4v) is 9.24. The first kappa shape index (κ1) is 34.9. The van der Waals surface area contributed by atoms with Gasteiger partial charge in [0.2, 0.25) is 11.8 Å². The number of hydrogen-bond donors (Lipinski definition) is 1. The van der Waals surface area contributed by atoms with Crippen LogP contribution in [0.25, 0.3) is 11.6 Å². The number of amides is 2. The number of halogens is 1. The lowest BCUT2D eigenvalue weighted by molar-refractivity contribution is -0.144. The molecule has 1 aliphatic carbocycles. The Labute approximate surface area is 308 Å². The molecule has 8 nitrogen and oxygen atoms in total. The van der Waals surface area contributed by atoms with Gasteiger partial charge in [0.05, 0.1) is 41.8 Å². The maximum Gasteiger partial charge on any atom is 0.234 e. The van der Waals surface area contributed by atoms with E-state index < -0.39 is 0 Å². The SMILES string of the molecule is COCC1=C2[C@@H](CC/C(=C/c3cc(I)c(O)c(OC)c3)c3ccccc3)OC[C@@H]2[C@@H]2C(=O)N(C3CCN(Cc4ccccc4)CC3)C(=O)[C@@H]2C1. The van der Waals surface area contributed by atoms with Crippen molar-refractivity contribution in [3.8, 4) is 11.5 Å². The summed E-state index contributed by atoms with van der Waals surface area (Å²) in [4.78, 5) is 32.3. The van der Waals surface area contributed by atoms with Crippen LogP contribution in [-0.4, -0.2) is 79.4 Å². The van der Waals surface area contributed by atoms with E-state index in [-0.39, 0.29) is 47.5 Å². The zero-order chi connectivity index (χ0) is 34.8. The molecule has 0 saturated carbocycles. The number of nitrogens with zero attached hydrogens (tertiary/aromatic N) is 2. The molecule has 3 heterocycles. The van der Waals surface area contributed by atoms with Crippen molar-refractivity contribution in [3.63, 3.8) is 0 Å². The Morgan fingerprint density at radius 3 is 2.40 bits per heavy atom. The van der Waals surface area contributed by atoms with Crippen LogP contribution in [0.2, 0.25) is 0 Å². The summed E-state index contributed by atoms with van der Waals surface area (Å²) in [5.74, 6) is -0.283. The maximum absolute atomic E-state index is 14.2. The Morgan fingerprint density at radius 1 is 0.980 bits per heavy atom. The molecule has 0 unspecified atom stereocenters. The fourth-order valence-electron chi connectivity index (χ4n) is 8.61. The third kappa shape index (κ3) is 7.02. The molecule has 1 N–H and O–H groups in total. The first-order chi connectivity index (χ1) is 24.4. The number of carbonyl (C=O) groups excluding carboxylic acids is 2. The lowest BCUT2D eigenvalue weighted by Gasteiger charge is -2.36. The fraction of sp³-hybridized carbons (Fsp3) is 0.415. The number of hydrogen-bond acceptors (Lipinski definition) is 7. The second-order valence-electron chi connectivity index (χ2n) is 13.9. The van der Waals surface area contributed by atoms with Gasteiger partial charge in [0.1, 0.15) is 0 Å². The highest BCUT2D eigenvalue weighted by Gasteiger charge is 2.58. The highest BCUT2D eigenvalue weighted by atomic mass is 127. The molecule has 0 bridgehead atoms. The second kappa shape index (κ2) is 15.4. The zero-order valence-electron chi connectivity index (χ0n) is 28.7. The van der Waals surface area contributed by atoms with Crippen LogP contribution in [0.4, 0.5) is 0 Å². The summed E-state index contributed by atoms with van der Waals surface area (Å²) in [6.45, 7) is 3.49. The molecule has 3 fully saturated rings. The monoisotopic (exact) mass is 788 g/mol. The molecule has 50 heavy (non-hydrogen) atoms. The number of phenolic OH excluding ortho intramolecular Hbond substituents is 1. The third-order valence-electron chi connectivity index (χ3n) is 11.0. The van der Waals surface area contributed by atoms with E-state index in [2.05, 4.69) is 70.0 Å². The van der Waals surface area contributed by atoms with Crippen molar-refractivity contribution in [2.24, 2.45) is 17.8 Å². The van der Waals surface area contributed by atoms with Crippen LogP contribution in [0.1, 0.15) is 48.8 Å². The molecule has 0 radical (unpaired) electrons. The minimum Gasteiger partial charge on any atom is -0.504 e. The van der Waals surface area contributed by atoms with E-state index in [0.717, 1.165) is 71.2 Å². The van der Waals surface area contributed by atoms with E-state index in [1.807, 2.05) is 36.4 Å². The first-order valence-corrected chi connectivity index (χ1v) is 18.7. The lowest BCUT2D eigenvalue weighted by Crippen LogP contribution is -2.47. The minimum atomic E-state index is -0.374. The molecule has 2 amide bonds. The third-order valence-corrected chi connectivity index (χ3v) is 11.8. The van der Waals surface area contributed by atoms with E-state index in [1.165, 1.54) is 11.1 Å². The van der Waals surface area contributed by atoms with Crippen molar-refractivity contribution < 1.29 is 28.9 Å². The van der Waals surface area contributed by atoms with E-state index in [0.29, 0.717) is 25.4 Å². The Hall–Kier alpha value is -3.51. The quantitative estimate of drug-likeness (QED) is 0.0975. The molecule has 3 aromatic rings. The van der Waals surface area contributed by atoms with E-state index in [1.54, 1.807) is 19.1 Å². The molecule has 7 rings (SSSR count). The highest BCUT2D eigenvalue weighted by molar-refractivity contribution is 14.1. The Balaban J connectivity index is 1.08. The van der Waals surface area contributed by atoms with Crippen LogP contribution in [0.5, 0.6) is 11.5 Å².